The van der Waals surface area contributed by atoms with Gasteiger partial charge in [0.1, 0.15) is 5.75 Å². The second-order valence-electron chi connectivity index (χ2n) is 9.22. The van der Waals surface area contributed by atoms with Crippen molar-refractivity contribution in [3.8, 4) is 5.75 Å². The van der Waals surface area contributed by atoms with E-state index in [-0.39, 0.29) is 39.0 Å². The molecule has 3 rings (SSSR count). The van der Waals surface area contributed by atoms with E-state index < -0.39 is 33.3 Å². The van der Waals surface area contributed by atoms with Crippen molar-refractivity contribution in [3.05, 3.63) is 24.3 Å². The molecule has 1 aromatic carbocycles. The van der Waals surface area contributed by atoms with Gasteiger partial charge in [0.25, 0.3) is 5.91 Å². The predicted octanol–water partition coefficient (Wildman–Crippen LogP) is 1.85. The van der Waals surface area contributed by atoms with Crippen molar-refractivity contribution in [2.75, 3.05) is 71.0 Å². The van der Waals surface area contributed by atoms with Crippen LogP contribution in [-0.2, 0) is 19.6 Å². The summed E-state index contributed by atoms with van der Waals surface area (Å²) in [5.41, 5.74) is 2.41. The van der Waals surface area contributed by atoms with E-state index in [1.165, 1.54) is 4.31 Å². The second-order valence-corrected chi connectivity index (χ2v) is 11.5. The first-order valence-corrected chi connectivity index (χ1v) is 13.7. The summed E-state index contributed by atoms with van der Waals surface area (Å²) in [6.07, 6.45) is -5.09. The minimum absolute atomic E-state index is 0.0390. The van der Waals surface area contributed by atoms with Gasteiger partial charge in [0, 0.05) is 65.0 Å². The van der Waals surface area contributed by atoms with Crippen LogP contribution in [0.15, 0.2) is 24.3 Å². The number of hydrogen-bond acceptors (Lipinski definition) is 8. The minimum atomic E-state index is -4.20. The summed E-state index contributed by atoms with van der Waals surface area (Å²) in [4.78, 5) is 16.7. The number of piperidine rings is 1. The van der Waals surface area contributed by atoms with Gasteiger partial charge in [-0.15, -0.1) is 0 Å². The van der Waals surface area contributed by atoms with Gasteiger partial charge in [0.05, 0.1) is 13.2 Å². The number of carbonyl (C=O) groups excluding carboxylic acids is 1. The van der Waals surface area contributed by atoms with Crippen molar-refractivity contribution in [2.24, 2.45) is 0 Å². The molecule has 37 heavy (non-hydrogen) atoms. The Kier molecular flexibility index (Phi) is 10.0. The van der Waals surface area contributed by atoms with Crippen molar-refractivity contribution in [1.82, 2.24) is 14.7 Å². The highest BCUT2D eigenvalue weighted by molar-refractivity contribution is 7.91. The number of nitrogens with zero attached hydrogens (tertiary/aromatic N) is 3. The number of benzene rings is 1. The van der Waals surface area contributed by atoms with Gasteiger partial charge in [0.15, 0.2) is 4.75 Å². The van der Waals surface area contributed by atoms with E-state index in [0.717, 1.165) is 5.69 Å². The number of alkyl halides is 3. The van der Waals surface area contributed by atoms with Crippen LogP contribution < -0.4 is 15.1 Å². The first kappa shape index (κ1) is 29.4. The molecule has 1 aromatic rings. The van der Waals surface area contributed by atoms with Crippen LogP contribution in [0.5, 0.6) is 5.75 Å². The fraction of sp³-hybridized carbons (Fsp3) is 0.696. The van der Waals surface area contributed by atoms with Crippen molar-refractivity contribution >= 4 is 21.6 Å². The van der Waals surface area contributed by atoms with E-state index in [9.17, 15) is 31.6 Å². The molecular weight excluding hydrogens is 517 g/mol. The molecule has 2 aliphatic heterocycles. The SMILES string of the molecule is COCCN1CCC(C(=O)NO)(S(=O)(=O)N2CCN(c3ccc(OCCCC(F)(F)F)cc3)CC2)CC1. The smallest absolute Gasteiger partial charge is 0.389 e. The van der Waals surface area contributed by atoms with Crippen LogP contribution in [0.4, 0.5) is 18.9 Å². The zero-order valence-electron chi connectivity index (χ0n) is 20.9. The number of halogens is 3. The summed E-state index contributed by atoms with van der Waals surface area (Å²) >= 11 is 0. The van der Waals surface area contributed by atoms with Crippen molar-refractivity contribution in [2.45, 2.75) is 36.6 Å². The molecule has 0 bridgehead atoms. The first-order valence-electron chi connectivity index (χ1n) is 12.2. The van der Waals surface area contributed by atoms with Crippen molar-refractivity contribution < 1.29 is 41.1 Å². The number of rotatable bonds is 11. The summed E-state index contributed by atoms with van der Waals surface area (Å²) in [7, 11) is -2.48. The predicted molar refractivity (Wildman–Crippen MR) is 130 cm³/mol. The largest absolute Gasteiger partial charge is 0.494 e. The van der Waals surface area contributed by atoms with Gasteiger partial charge in [-0.3, -0.25) is 10.0 Å². The maximum absolute atomic E-state index is 13.7. The molecule has 1 amide bonds. The average Bonchev–Trinajstić information content (AvgIpc) is 2.89. The molecule has 0 atom stereocenters. The quantitative estimate of drug-likeness (QED) is 0.243. The molecule has 10 nitrogen and oxygen atoms in total. The molecule has 0 saturated carbocycles. The molecule has 2 fully saturated rings. The van der Waals surface area contributed by atoms with Crippen LogP contribution >= 0.6 is 0 Å². The lowest BCUT2D eigenvalue weighted by Gasteiger charge is -2.44. The second kappa shape index (κ2) is 12.6. The van der Waals surface area contributed by atoms with E-state index in [1.807, 2.05) is 9.80 Å². The number of ether oxygens (including phenoxy) is 2. The Hall–Kier alpha value is -2.13. The van der Waals surface area contributed by atoms with Crippen molar-refractivity contribution in [3.63, 3.8) is 0 Å². The third kappa shape index (κ3) is 7.25. The fourth-order valence-electron chi connectivity index (χ4n) is 4.71. The molecular formula is C23H35F3N4O6S. The Morgan fingerprint density at radius 1 is 1.05 bits per heavy atom. The van der Waals surface area contributed by atoms with Gasteiger partial charge in [0.2, 0.25) is 10.0 Å². The van der Waals surface area contributed by atoms with Crippen molar-refractivity contribution in [1.29, 1.82) is 0 Å². The molecule has 0 aliphatic carbocycles. The lowest BCUT2D eigenvalue weighted by Crippen LogP contribution is -2.63. The van der Waals surface area contributed by atoms with Crippen LogP contribution in [0.25, 0.3) is 0 Å². The van der Waals surface area contributed by atoms with Crippen LogP contribution in [0.2, 0.25) is 0 Å². The number of carbonyl (C=O) groups is 1. The normalized spacial score (nSPS) is 19.5. The van der Waals surface area contributed by atoms with Crippen LogP contribution in [0, 0.1) is 0 Å². The molecule has 0 radical (unpaired) electrons. The molecule has 0 unspecified atom stereocenters. The molecule has 0 spiro atoms. The zero-order valence-corrected chi connectivity index (χ0v) is 21.7. The number of likely N-dealkylation sites (tertiary alicyclic amines) is 1. The summed E-state index contributed by atoms with van der Waals surface area (Å²) in [6, 6.07) is 6.90. The lowest BCUT2D eigenvalue weighted by atomic mass is 9.95. The lowest BCUT2D eigenvalue weighted by molar-refractivity contribution is -0.136. The third-order valence-corrected chi connectivity index (χ3v) is 9.56. The Labute approximate surface area is 215 Å². The van der Waals surface area contributed by atoms with Gasteiger partial charge in [-0.05, 0) is 43.5 Å². The van der Waals surface area contributed by atoms with E-state index in [4.69, 9.17) is 9.47 Å². The fourth-order valence-corrected chi connectivity index (χ4v) is 6.83. The number of hydrogen-bond donors (Lipinski definition) is 2. The molecule has 2 N–H and O–H groups in total. The molecule has 210 valence electrons. The van der Waals surface area contributed by atoms with E-state index in [2.05, 4.69) is 0 Å². The maximum Gasteiger partial charge on any atom is 0.389 e. The summed E-state index contributed by atoms with van der Waals surface area (Å²) in [5, 5.41) is 9.35. The number of sulfonamides is 1. The molecule has 14 heteroatoms. The highest BCUT2D eigenvalue weighted by atomic mass is 32.2. The van der Waals surface area contributed by atoms with E-state index in [1.54, 1.807) is 36.9 Å². The first-order chi connectivity index (χ1) is 17.5. The minimum Gasteiger partial charge on any atom is -0.494 e. The maximum atomic E-state index is 13.7. The standard InChI is InChI=1S/C23H35F3N4O6S/c1-35-18-16-28-10-8-22(9-11-28,21(31)27-32)37(33,34)30-14-12-29(13-15-30)19-3-5-20(6-4-19)36-17-2-7-23(24,25)26/h3-6,32H,2,7-18H2,1H3,(H,27,31). The number of piperazine rings is 1. The number of hydroxylamine groups is 1. The van der Waals surface area contributed by atoms with Crippen LogP contribution in [-0.4, -0.2) is 106 Å². The van der Waals surface area contributed by atoms with Gasteiger partial charge >= 0.3 is 6.18 Å². The van der Waals surface area contributed by atoms with Crippen LogP contribution in [0.3, 0.4) is 0 Å². The number of methoxy groups -OCH3 is 1. The van der Waals surface area contributed by atoms with Gasteiger partial charge in [-0.25, -0.2) is 13.9 Å². The summed E-state index contributed by atoms with van der Waals surface area (Å²) in [5.74, 6) is -0.451. The molecule has 2 saturated heterocycles. The number of amides is 1. The summed E-state index contributed by atoms with van der Waals surface area (Å²) < 4.78 is 74.1. The number of nitrogens with one attached hydrogen (secondary N) is 1. The summed E-state index contributed by atoms with van der Waals surface area (Å²) in [6.45, 7) is 2.99. The van der Waals surface area contributed by atoms with Gasteiger partial charge in [-0.1, -0.05) is 0 Å². The number of anilines is 1. The zero-order chi connectivity index (χ0) is 27.1. The molecule has 0 aromatic heterocycles. The Balaban J connectivity index is 1.58. The molecule has 2 heterocycles. The van der Waals surface area contributed by atoms with E-state index in [0.29, 0.717) is 45.1 Å². The van der Waals surface area contributed by atoms with E-state index >= 15 is 0 Å². The highest BCUT2D eigenvalue weighted by Crippen LogP contribution is 2.34. The molecule has 2 aliphatic rings. The Bertz CT molecular complexity index is 977. The van der Waals surface area contributed by atoms with Gasteiger partial charge < -0.3 is 19.3 Å². The topological polar surface area (TPSA) is 112 Å². The van der Waals surface area contributed by atoms with Crippen LogP contribution in [0.1, 0.15) is 25.7 Å². The monoisotopic (exact) mass is 552 g/mol. The Morgan fingerprint density at radius 2 is 1.68 bits per heavy atom. The highest BCUT2D eigenvalue weighted by Gasteiger charge is 2.55. The Morgan fingerprint density at radius 3 is 2.22 bits per heavy atom. The van der Waals surface area contributed by atoms with Gasteiger partial charge in [-0.2, -0.15) is 17.5 Å². The third-order valence-electron chi connectivity index (χ3n) is 6.94. The average molecular weight is 553 g/mol.